The van der Waals surface area contributed by atoms with Gasteiger partial charge in [0.1, 0.15) is 5.60 Å². The van der Waals surface area contributed by atoms with Gasteiger partial charge in [0, 0.05) is 17.6 Å². The van der Waals surface area contributed by atoms with Crippen LogP contribution in [0.25, 0.3) is 0 Å². The molecule has 1 aromatic carbocycles. The zero-order valence-electron chi connectivity index (χ0n) is 12.8. The third-order valence-corrected chi connectivity index (χ3v) is 4.10. The number of halogens is 1. The minimum atomic E-state index is -0.448. The fraction of sp³-hybridized carbons (Fsp3) is 0.562. The molecule has 1 aliphatic rings. The van der Waals surface area contributed by atoms with Crippen molar-refractivity contribution in [1.29, 1.82) is 0 Å². The van der Waals surface area contributed by atoms with Crippen LogP contribution in [0.1, 0.15) is 45.1 Å². The molecule has 4 nitrogen and oxygen atoms in total. The van der Waals surface area contributed by atoms with E-state index in [1.807, 2.05) is 26.8 Å². The first-order valence-electron chi connectivity index (χ1n) is 7.36. The van der Waals surface area contributed by atoms with Gasteiger partial charge in [-0.25, -0.2) is 4.79 Å². The number of rotatable bonds is 3. The summed E-state index contributed by atoms with van der Waals surface area (Å²) in [5.41, 5.74) is 2.06. The summed E-state index contributed by atoms with van der Waals surface area (Å²) in [4.78, 5) is 11.6. The Hall–Kier alpha value is -1.23. The van der Waals surface area contributed by atoms with Crippen LogP contribution in [0.5, 0.6) is 0 Å². The predicted molar refractivity (Wildman–Crippen MR) is 88.8 cm³/mol. The Balaban J connectivity index is 1.88. The Bertz CT molecular complexity index is 511. The van der Waals surface area contributed by atoms with Gasteiger partial charge in [0.05, 0.1) is 5.69 Å². The monoisotopic (exact) mass is 354 g/mol. The van der Waals surface area contributed by atoms with Crippen LogP contribution >= 0.6 is 15.9 Å². The first kappa shape index (κ1) is 16.1. The quantitative estimate of drug-likeness (QED) is 0.852. The number of hydrogen-bond acceptors (Lipinski definition) is 3. The fourth-order valence-electron chi connectivity index (χ4n) is 2.56. The van der Waals surface area contributed by atoms with E-state index >= 15 is 0 Å². The maximum atomic E-state index is 11.6. The average Bonchev–Trinajstić information content (AvgIpc) is 2.37. The molecular formula is C16H23BrN2O2. The lowest BCUT2D eigenvalue weighted by Crippen LogP contribution is -2.33. The van der Waals surface area contributed by atoms with Gasteiger partial charge in [-0.15, -0.1) is 0 Å². The molecule has 2 rings (SSSR count). The number of carbonyl (C=O) groups is 1. The number of fused-ring (bicyclic) bond motifs is 1. The van der Waals surface area contributed by atoms with Crippen LogP contribution in [0.15, 0.2) is 22.7 Å². The lowest BCUT2D eigenvalue weighted by atomic mass is 9.88. The smallest absolute Gasteiger partial charge is 0.407 e. The molecule has 1 atom stereocenters. The second-order valence-corrected chi connectivity index (χ2v) is 7.19. The van der Waals surface area contributed by atoms with Crippen molar-refractivity contribution in [1.82, 2.24) is 5.32 Å². The number of benzene rings is 1. The van der Waals surface area contributed by atoms with Gasteiger partial charge in [-0.2, -0.15) is 0 Å². The average molecular weight is 355 g/mol. The van der Waals surface area contributed by atoms with Crippen LogP contribution in [0.2, 0.25) is 0 Å². The molecule has 0 spiro atoms. The second-order valence-electron chi connectivity index (χ2n) is 6.33. The van der Waals surface area contributed by atoms with E-state index in [0.717, 1.165) is 23.9 Å². The SMILES string of the molecule is CC(C)(C)OC(=O)NCCC1CCNc2c(Br)cccc21. The number of anilines is 1. The summed E-state index contributed by atoms with van der Waals surface area (Å²) >= 11 is 3.58. The number of hydrogen-bond donors (Lipinski definition) is 2. The highest BCUT2D eigenvalue weighted by molar-refractivity contribution is 9.10. The molecule has 2 N–H and O–H groups in total. The van der Waals surface area contributed by atoms with Crippen molar-refractivity contribution in [2.24, 2.45) is 0 Å². The lowest BCUT2D eigenvalue weighted by Gasteiger charge is -2.28. The van der Waals surface area contributed by atoms with E-state index < -0.39 is 5.60 Å². The van der Waals surface area contributed by atoms with Crippen molar-refractivity contribution in [2.45, 2.75) is 45.1 Å². The molecule has 0 aliphatic carbocycles. The molecule has 1 amide bonds. The summed E-state index contributed by atoms with van der Waals surface area (Å²) in [6.07, 6.45) is 1.66. The summed E-state index contributed by atoms with van der Waals surface area (Å²) in [5, 5.41) is 6.27. The van der Waals surface area contributed by atoms with Crippen LogP contribution in [0, 0.1) is 0 Å². The number of para-hydroxylation sites is 1. The molecule has 116 valence electrons. The predicted octanol–water partition coefficient (Wildman–Crippen LogP) is 4.26. The highest BCUT2D eigenvalue weighted by Crippen LogP contribution is 2.37. The molecule has 0 bridgehead atoms. The Kier molecular flexibility index (Phi) is 5.14. The van der Waals surface area contributed by atoms with Gasteiger partial charge >= 0.3 is 6.09 Å². The molecule has 1 aliphatic heterocycles. The fourth-order valence-corrected chi connectivity index (χ4v) is 3.08. The maximum Gasteiger partial charge on any atom is 0.407 e. The van der Waals surface area contributed by atoms with Gasteiger partial charge in [-0.05, 0) is 67.1 Å². The minimum absolute atomic E-state index is 0.342. The standard InChI is InChI=1S/C16H23BrN2O2/c1-16(2,3)21-15(20)19-10-8-11-7-9-18-14-12(11)5-4-6-13(14)17/h4-6,11,18H,7-10H2,1-3H3,(H,19,20). The summed E-state index contributed by atoms with van der Waals surface area (Å²) < 4.78 is 6.35. The molecule has 0 fully saturated rings. The van der Waals surface area contributed by atoms with E-state index in [-0.39, 0.29) is 6.09 Å². The Morgan fingerprint density at radius 3 is 2.95 bits per heavy atom. The summed E-state index contributed by atoms with van der Waals surface area (Å²) in [6.45, 7) is 7.20. The topological polar surface area (TPSA) is 50.4 Å². The van der Waals surface area contributed by atoms with Crippen LogP contribution in [-0.4, -0.2) is 24.8 Å². The largest absolute Gasteiger partial charge is 0.444 e. The second kappa shape index (κ2) is 6.69. The van der Waals surface area contributed by atoms with Crippen molar-refractivity contribution in [2.75, 3.05) is 18.4 Å². The number of ether oxygens (including phenoxy) is 1. The van der Waals surface area contributed by atoms with E-state index in [0.29, 0.717) is 12.5 Å². The van der Waals surface area contributed by atoms with Gasteiger partial charge in [-0.3, -0.25) is 0 Å². The maximum absolute atomic E-state index is 11.6. The Morgan fingerprint density at radius 2 is 2.24 bits per heavy atom. The molecule has 21 heavy (non-hydrogen) atoms. The van der Waals surface area contributed by atoms with E-state index in [2.05, 4.69) is 38.7 Å². The molecule has 1 heterocycles. The number of nitrogens with one attached hydrogen (secondary N) is 2. The van der Waals surface area contributed by atoms with Crippen molar-refractivity contribution in [3.8, 4) is 0 Å². The zero-order chi connectivity index (χ0) is 15.5. The molecule has 0 aromatic heterocycles. The van der Waals surface area contributed by atoms with Gasteiger partial charge < -0.3 is 15.4 Å². The molecular weight excluding hydrogens is 332 g/mol. The lowest BCUT2D eigenvalue weighted by molar-refractivity contribution is 0.0526. The van der Waals surface area contributed by atoms with Crippen molar-refractivity contribution in [3.05, 3.63) is 28.2 Å². The molecule has 1 aromatic rings. The Morgan fingerprint density at radius 1 is 1.48 bits per heavy atom. The molecule has 0 saturated heterocycles. The van der Waals surface area contributed by atoms with Crippen molar-refractivity contribution >= 4 is 27.7 Å². The van der Waals surface area contributed by atoms with Crippen molar-refractivity contribution in [3.63, 3.8) is 0 Å². The van der Waals surface area contributed by atoms with Gasteiger partial charge in [-0.1, -0.05) is 12.1 Å². The zero-order valence-corrected chi connectivity index (χ0v) is 14.4. The molecule has 0 radical (unpaired) electrons. The van der Waals surface area contributed by atoms with Crippen molar-refractivity contribution < 1.29 is 9.53 Å². The van der Waals surface area contributed by atoms with E-state index in [1.165, 1.54) is 11.3 Å². The highest BCUT2D eigenvalue weighted by Gasteiger charge is 2.22. The van der Waals surface area contributed by atoms with Crippen LogP contribution < -0.4 is 10.6 Å². The first-order valence-corrected chi connectivity index (χ1v) is 8.15. The summed E-state index contributed by atoms with van der Waals surface area (Å²) in [5.74, 6) is 0.466. The van der Waals surface area contributed by atoms with Gasteiger partial charge in [0.15, 0.2) is 0 Å². The molecule has 1 unspecified atom stereocenters. The summed E-state index contributed by atoms with van der Waals surface area (Å²) in [7, 11) is 0. The van der Waals surface area contributed by atoms with E-state index in [1.54, 1.807) is 0 Å². The molecule has 0 saturated carbocycles. The number of amides is 1. The van der Waals surface area contributed by atoms with Crippen LogP contribution in [-0.2, 0) is 4.74 Å². The molecule has 5 heteroatoms. The normalized spacial score (nSPS) is 17.6. The van der Waals surface area contributed by atoms with Gasteiger partial charge in [0.2, 0.25) is 0 Å². The summed E-state index contributed by atoms with van der Waals surface area (Å²) in [6, 6.07) is 6.27. The number of carbonyl (C=O) groups excluding carboxylic acids is 1. The third-order valence-electron chi connectivity index (χ3n) is 3.44. The minimum Gasteiger partial charge on any atom is -0.444 e. The Labute approximate surface area is 134 Å². The first-order chi connectivity index (χ1) is 9.87. The van der Waals surface area contributed by atoms with Gasteiger partial charge in [0.25, 0.3) is 0 Å². The third kappa shape index (κ3) is 4.63. The van der Waals surface area contributed by atoms with Crippen LogP contribution in [0.3, 0.4) is 0 Å². The van der Waals surface area contributed by atoms with E-state index in [4.69, 9.17) is 4.74 Å². The van der Waals surface area contributed by atoms with E-state index in [9.17, 15) is 4.79 Å². The van der Waals surface area contributed by atoms with Crippen LogP contribution in [0.4, 0.5) is 10.5 Å². The highest BCUT2D eigenvalue weighted by atomic mass is 79.9. The number of alkyl carbamates (subject to hydrolysis) is 1.